The third-order valence-corrected chi connectivity index (χ3v) is 5.13. The Kier molecular flexibility index (Phi) is 10.3. The first-order valence-corrected chi connectivity index (χ1v) is 10.9. The molecular formula is C23H35N3O5. The Morgan fingerprint density at radius 2 is 2.03 bits per heavy atom. The molecule has 31 heavy (non-hydrogen) atoms. The molecule has 0 saturated heterocycles. The van der Waals surface area contributed by atoms with Gasteiger partial charge < -0.3 is 30.9 Å². The Morgan fingerprint density at radius 1 is 1.26 bits per heavy atom. The van der Waals surface area contributed by atoms with E-state index in [1.54, 1.807) is 12.1 Å². The van der Waals surface area contributed by atoms with Crippen molar-refractivity contribution in [2.45, 2.75) is 52.2 Å². The summed E-state index contributed by atoms with van der Waals surface area (Å²) in [5.74, 6) is 0.430. The number of benzene rings is 1. The van der Waals surface area contributed by atoms with Crippen LogP contribution in [0.4, 0.5) is 11.4 Å². The van der Waals surface area contributed by atoms with Gasteiger partial charge in [-0.25, -0.2) is 0 Å². The minimum Gasteiger partial charge on any atom is -0.459 e. The van der Waals surface area contributed by atoms with E-state index in [1.165, 1.54) is 0 Å². The summed E-state index contributed by atoms with van der Waals surface area (Å²) in [5.41, 5.74) is 6.96. The Bertz CT molecular complexity index is 750. The summed E-state index contributed by atoms with van der Waals surface area (Å²) < 4.78 is 11.4. The lowest BCUT2D eigenvalue weighted by atomic mass is 9.90. The Morgan fingerprint density at radius 3 is 2.74 bits per heavy atom. The highest BCUT2D eigenvalue weighted by Gasteiger charge is 2.29. The van der Waals surface area contributed by atoms with Crippen LogP contribution < -0.4 is 16.4 Å². The molecule has 0 radical (unpaired) electrons. The molecule has 5 N–H and O–H groups in total. The zero-order chi connectivity index (χ0) is 22.6. The van der Waals surface area contributed by atoms with Gasteiger partial charge in [-0.15, -0.1) is 0 Å². The molecule has 0 bridgehead atoms. The molecule has 0 spiro atoms. The number of rotatable bonds is 12. The monoisotopic (exact) mass is 433 g/mol. The Labute approximate surface area is 184 Å². The average molecular weight is 434 g/mol. The van der Waals surface area contributed by atoms with Crippen molar-refractivity contribution in [1.29, 1.82) is 0 Å². The summed E-state index contributed by atoms with van der Waals surface area (Å²) in [6.45, 7) is 5.09. The highest BCUT2D eigenvalue weighted by atomic mass is 16.7. The lowest BCUT2D eigenvalue weighted by molar-refractivity contribution is -0.151. The van der Waals surface area contributed by atoms with E-state index in [2.05, 4.69) is 24.5 Å². The van der Waals surface area contributed by atoms with Crippen LogP contribution in [0.25, 0.3) is 0 Å². The second-order valence-corrected chi connectivity index (χ2v) is 8.02. The van der Waals surface area contributed by atoms with Crippen LogP contribution in [0.15, 0.2) is 36.1 Å². The van der Waals surface area contributed by atoms with Crippen molar-refractivity contribution < 1.29 is 24.2 Å². The van der Waals surface area contributed by atoms with E-state index in [0.717, 1.165) is 0 Å². The van der Waals surface area contributed by atoms with E-state index in [1.807, 2.05) is 18.2 Å². The van der Waals surface area contributed by atoms with Crippen LogP contribution in [-0.2, 0) is 19.1 Å². The first kappa shape index (κ1) is 24.7. The molecular weight excluding hydrogens is 398 g/mol. The minimum atomic E-state index is -0.487. The number of para-hydroxylation sites is 2. The molecule has 0 saturated carbocycles. The van der Waals surface area contributed by atoms with Gasteiger partial charge in [-0.05, 0) is 49.3 Å². The lowest BCUT2D eigenvalue weighted by Gasteiger charge is -2.30. The molecule has 1 aromatic rings. The van der Waals surface area contributed by atoms with Crippen molar-refractivity contribution in [3.8, 4) is 0 Å². The molecule has 2 unspecified atom stereocenters. The Hall–Kier alpha value is -2.58. The van der Waals surface area contributed by atoms with Gasteiger partial charge in [-0.2, -0.15) is 0 Å². The number of amides is 2. The lowest BCUT2D eigenvalue weighted by Crippen LogP contribution is -2.35. The molecule has 1 aliphatic rings. The number of hydrogen-bond acceptors (Lipinski definition) is 6. The smallest absolute Gasteiger partial charge is 0.286 e. The topological polar surface area (TPSA) is 123 Å². The van der Waals surface area contributed by atoms with Gasteiger partial charge in [-0.3, -0.25) is 9.59 Å². The summed E-state index contributed by atoms with van der Waals surface area (Å²) in [6, 6.07) is 7.12. The van der Waals surface area contributed by atoms with Gasteiger partial charge in [0.25, 0.3) is 5.91 Å². The van der Waals surface area contributed by atoms with Crippen LogP contribution in [0.1, 0.15) is 46.0 Å². The predicted octanol–water partition coefficient (Wildman–Crippen LogP) is 2.80. The highest BCUT2D eigenvalue weighted by Crippen LogP contribution is 2.28. The van der Waals surface area contributed by atoms with Gasteiger partial charge in [-0.1, -0.05) is 26.0 Å². The second kappa shape index (κ2) is 13.0. The van der Waals surface area contributed by atoms with E-state index in [9.17, 15) is 9.59 Å². The van der Waals surface area contributed by atoms with Crippen molar-refractivity contribution in [1.82, 2.24) is 5.32 Å². The SMILES string of the molecule is CC(C)C1C=C(C(=O)NCCCCC(=O)Nc2ccccc2N)OC(OCCCO)C1. The van der Waals surface area contributed by atoms with Gasteiger partial charge in [0.2, 0.25) is 12.2 Å². The molecule has 0 aromatic heterocycles. The molecule has 0 aliphatic carbocycles. The van der Waals surface area contributed by atoms with Gasteiger partial charge in [0.1, 0.15) is 0 Å². The number of allylic oxidation sites excluding steroid dienone is 1. The maximum Gasteiger partial charge on any atom is 0.286 e. The van der Waals surface area contributed by atoms with E-state index in [-0.39, 0.29) is 30.1 Å². The van der Waals surface area contributed by atoms with Crippen LogP contribution in [0, 0.1) is 11.8 Å². The van der Waals surface area contributed by atoms with Crippen molar-refractivity contribution in [2.24, 2.45) is 11.8 Å². The maximum atomic E-state index is 12.5. The fourth-order valence-corrected chi connectivity index (χ4v) is 3.21. The minimum absolute atomic E-state index is 0.0558. The van der Waals surface area contributed by atoms with Crippen molar-refractivity contribution in [3.05, 3.63) is 36.1 Å². The van der Waals surface area contributed by atoms with Gasteiger partial charge in [0, 0.05) is 26.0 Å². The van der Waals surface area contributed by atoms with E-state index >= 15 is 0 Å². The van der Waals surface area contributed by atoms with Crippen LogP contribution >= 0.6 is 0 Å². The van der Waals surface area contributed by atoms with Gasteiger partial charge in [0.15, 0.2) is 5.76 Å². The summed E-state index contributed by atoms with van der Waals surface area (Å²) in [4.78, 5) is 24.6. The molecule has 1 heterocycles. The molecule has 8 heteroatoms. The molecule has 8 nitrogen and oxygen atoms in total. The number of hydrogen-bond donors (Lipinski definition) is 4. The molecule has 1 aliphatic heterocycles. The summed E-state index contributed by atoms with van der Waals surface area (Å²) >= 11 is 0. The zero-order valence-corrected chi connectivity index (χ0v) is 18.4. The first-order chi connectivity index (χ1) is 14.9. The fourth-order valence-electron chi connectivity index (χ4n) is 3.21. The number of unbranched alkanes of at least 4 members (excludes halogenated alkanes) is 1. The standard InChI is InChI=1S/C23H35N3O5/c1-16(2)17-14-20(31-22(15-17)30-13-7-12-27)23(29)25-11-6-5-10-21(28)26-19-9-4-3-8-18(19)24/h3-4,8-9,14,16-17,22,27H,5-7,10-13,15,24H2,1-2H3,(H,25,29)(H,26,28). The molecule has 2 rings (SSSR count). The number of anilines is 2. The van der Waals surface area contributed by atoms with Crippen LogP contribution in [0.3, 0.4) is 0 Å². The van der Waals surface area contributed by atoms with Gasteiger partial charge in [0.05, 0.1) is 18.0 Å². The van der Waals surface area contributed by atoms with E-state index in [4.69, 9.17) is 20.3 Å². The van der Waals surface area contributed by atoms with Gasteiger partial charge >= 0.3 is 0 Å². The first-order valence-electron chi connectivity index (χ1n) is 10.9. The quantitative estimate of drug-likeness (QED) is 0.297. The fraction of sp³-hybridized carbons (Fsp3) is 0.565. The number of nitrogen functional groups attached to an aromatic ring is 1. The Balaban J connectivity index is 1.72. The number of nitrogens with one attached hydrogen (secondary N) is 2. The average Bonchev–Trinajstić information content (AvgIpc) is 2.75. The zero-order valence-electron chi connectivity index (χ0n) is 18.4. The molecule has 2 atom stereocenters. The third kappa shape index (κ3) is 8.59. The van der Waals surface area contributed by atoms with Crippen molar-refractivity contribution in [3.63, 3.8) is 0 Å². The largest absolute Gasteiger partial charge is 0.459 e. The predicted molar refractivity (Wildman–Crippen MR) is 120 cm³/mol. The number of aliphatic hydroxyl groups excluding tert-OH is 1. The second-order valence-electron chi connectivity index (χ2n) is 8.02. The molecule has 1 aromatic carbocycles. The number of aliphatic hydroxyl groups is 1. The highest BCUT2D eigenvalue weighted by molar-refractivity contribution is 5.93. The number of ether oxygens (including phenoxy) is 2. The molecule has 172 valence electrons. The third-order valence-electron chi connectivity index (χ3n) is 5.13. The number of nitrogens with two attached hydrogens (primary N) is 1. The summed E-state index contributed by atoms with van der Waals surface area (Å²) in [6.07, 6.45) is 4.24. The van der Waals surface area contributed by atoms with Crippen molar-refractivity contribution >= 4 is 23.2 Å². The van der Waals surface area contributed by atoms with Crippen LogP contribution in [0.2, 0.25) is 0 Å². The summed E-state index contributed by atoms with van der Waals surface area (Å²) in [5, 5.41) is 14.6. The summed E-state index contributed by atoms with van der Waals surface area (Å²) in [7, 11) is 0. The number of carbonyl (C=O) groups is 2. The number of carbonyl (C=O) groups excluding carboxylic acids is 2. The van der Waals surface area contributed by atoms with E-state index < -0.39 is 6.29 Å². The molecule has 2 amide bonds. The van der Waals surface area contributed by atoms with E-state index in [0.29, 0.717) is 62.5 Å². The van der Waals surface area contributed by atoms with Crippen molar-refractivity contribution in [2.75, 3.05) is 30.8 Å². The van der Waals surface area contributed by atoms with Crippen LogP contribution in [0.5, 0.6) is 0 Å². The maximum absolute atomic E-state index is 12.5. The molecule has 0 fully saturated rings. The van der Waals surface area contributed by atoms with Crippen LogP contribution in [-0.4, -0.2) is 43.0 Å². The normalized spacial score (nSPS) is 18.3.